The number of ether oxygens (including phenoxy) is 2. The fourth-order valence-corrected chi connectivity index (χ4v) is 4.61. The molecule has 0 radical (unpaired) electrons. The quantitative estimate of drug-likeness (QED) is 0.0570. The highest BCUT2D eigenvalue weighted by Gasteiger charge is 2.23. The second kappa shape index (κ2) is 15.6. The van der Waals surface area contributed by atoms with E-state index in [0.717, 1.165) is 5.57 Å². The number of aromatic hydroxyl groups is 1. The van der Waals surface area contributed by atoms with Crippen molar-refractivity contribution in [3.63, 3.8) is 0 Å². The Kier molecular flexibility index (Phi) is 12.0. The number of rotatable bonds is 15. The molecule has 0 aliphatic carbocycles. The van der Waals surface area contributed by atoms with Gasteiger partial charge in [-0.05, 0) is 46.1 Å². The van der Waals surface area contributed by atoms with Crippen molar-refractivity contribution < 1.29 is 24.1 Å². The van der Waals surface area contributed by atoms with Crippen LogP contribution in [0.15, 0.2) is 55.1 Å². The summed E-state index contributed by atoms with van der Waals surface area (Å²) in [6, 6.07) is 3.24. The first-order chi connectivity index (χ1) is 20.6. The van der Waals surface area contributed by atoms with Crippen molar-refractivity contribution >= 4 is 33.7 Å². The van der Waals surface area contributed by atoms with Gasteiger partial charge in [0.25, 0.3) is 0 Å². The van der Waals surface area contributed by atoms with Gasteiger partial charge < -0.3 is 41.3 Å². The monoisotopic (exact) mass is 593 g/mol. The molecule has 1 aromatic heterocycles. The van der Waals surface area contributed by atoms with Crippen LogP contribution in [0.4, 0.5) is 0 Å². The molecule has 232 valence electrons. The van der Waals surface area contributed by atoms with E-state index in [1.807, 2.05) is 39.0 Å². The summed E-state index contributed by atoms with van der Waals surface area (Å²) in [7, 11) is 0. The molecular formula is C32H43N5O6. The zero-order chi connectivity index (χ0) is 31.5. The standard InChI is InChI=1S/C32H43N5O6/c1-5-6-9-22-24(41-14-7-12-36-20(4)33)16-27-29(30(22)39)31(40)28-21(11-10-19(2)3)23(18-38)25(17-26(28)43-27)42-15-8-13-37-32(34)35/h5-6,10,16-17,38-39H,7-9,11-15,18H2,1-4H3,(H2,33,36)(H4,34,35,37)/b6-5-. The summed E-state index contributed by atoms with van der Waals surface area (Å²) < 4.78 is 18.3. The SMILES string of the molecule is C/C=C\Cc1c(OCCCN=C(C)N)cc2oc3cc(OCCCN=C(N)N)c(CO)c(CC=C(C)C)c3c(=O)c2c1O. The predicted molar refractivity (Wildman–Crippen MR) is 172 cm³/mol. The highest BCUT2D eigenvalue weighted by atomic mass is 16.5. The van der Waals surface area contributed by atoms with Crippen LogP contribution in [0.5, 0.6) is 17.2 Å². The number of fused-ring (bicyclic) bond motifs is 2. The van der Waals surface area contributed by atoms with E-state index < -0.39 is 5.43 Å². The third kappa shape index (κ3) is 8.51. The molecule has 11 nitrogen and oxygen atoms in total. The summed E-state index contributed by atoms with van der Waals surface area (Å²) in [5, 5.41) is 22.2. The van der Waals surface area contributed by atoms with E-state index in [1.165, 1.54) is 0 Å². The second-order valence-corrected chi connectivity index (χ2v) is 10.4. The molecule has 8 N–H and O–H groups in total. The maximum absolute atomic E-state index is 14.1. The van der Waals surface area contributed by atoms with Gasteiger partial charge in [-0.25, -0.2) is 0 Å². The number of nitrogens with two attached hydrogens (primary N) is 3. The lowest BCUT2D eigenvalue weighted by Gasteiger charge is -2.18. The molecule has 0 saturated carbocycles. The molecule has 43 heavy (non-hydrogen) atoms. The Hall–Kier alpha value is -4.51. The zero-order valence-electron chi connectivity index (χ0n) is 25.4. The second-order valence-electron chi connectivity index (χ2n) is 10.4. The van der Waals surface area contributed by atoms with Gasteiger partial charge in [-0.1, -0.05) is 23.8 Å². The number of aliphatic hydroxyl groups is 1. The number of phenolic OH excluding ortho intramolecular Hbond substituents is 1. The van der Waals surface area contributed by atoms with E-state index in [0.29, 0.717) is 79.4 Å². The van der Waals surface area contributed by atoms with Crippen LogP contribution in [0.1, 0.15) is 57.2 Å². The molecule has 0 atom stereocenters. The van der Waals surface area contributed by atoms with Crippen LogP contribution in [0.3, 0.4) is 0 Å². The van der Waals surface area contributed by atoms with Crippen LogP contribution in [0, 0.1) is 0 Å². The van der Waals surface area contributed by atoms with Gasteiger partial charge in [-0.15, -0.1) is 0 Å². The first-order valence-corrected chi connectivity index (χ1v) is 14.3. The maximum atomic E-state index is 14.1. The summed E-state index contributed by atoms with van der Waals surface area (Å²) in [5.74, 6) is 1.10. The Morgan fingerprint density at radius 1 is 0.907 bits per heavy atom. The van der Waals surface area contributed by atoms with Gasteiger partial charge in [0, 0.05) is 49.2 Å². The lowest BCUT2D eigenvalue weighted by molar-refractivity contribution is 0.261. The number of nitrogens with zero attached hydrogens (tertiary/aromatic N) is 2. The van der Waals surface area contributed by atoms with Crippen molar-refractivity contribution in [3.8, 4) is 17.2 Å². The maximum Gasteiger partial charge on any atom is 0.204 e. The first-order valence-electron chi connectivity index (χ1n) is 14.3. The smallest absolute Gasteiger partial charge is 0.204 e. The summed E-state index contributed by atoms with van der Waals surface area (Å²) in [6.45, 7) is 8.62. The predicted octanol–water partition coefficient (Wildman–Crippen LogP) is 3.96. The molecule has 0 fully saturated rings. The van der Waals surface area contributed by atoms with Gasteiger partial charge in [0.2, 0.25) is 5.43 Å². The fraction of sp³-hybridized carbons (Fsp3) is 0.406. The molecule has 0 unspecified atom stereocenters. The van der Waals surface area contributed by atoms with Crippen molar-refractivity contribution in [3.05, 3.63) is 62.8 Å². The van der Waals surface area contributed by atoms with E-state index in [2.05, 4.69) is 9.98 Å². The summed E-state index contributed by atoms with van der Waals surface area (Å²) >= 11 is 0. The van der Waals surface area contributed by atoms with Crippen LogP contribution >= 0.6 is 0 Å². The van der Waals surface area contributed by atoms with Crippen molar-refractivity contribution in [1.82, 2.24) is 0 Å². The number of hydrogen-bond donors (Lipinski definition) is 5. The van der Waals surface area contributed by atoms with Crippen molar-refractivity contribution in [2.45, 2.75) is 60.0 Å². The molecule has 0 amide bonds. The molecule has 1 heterocycles. The number of aliphatic imine (C=N–C) groups is 2. The minimum absolute atomic E-state index is 0.000879. The third-order valence-corrected chi connectivity index (χ3v) is 6.68. The summed E-state index contributed by atoms with van der Waals surface area (Å²) in [6.07, 6.45) is 7.55. The summed E-state index contributed by atoms with van der Waals surface area (Å²) in [4.78, 5) is 22.3. The molecule has 0 saturated heterocycles. The molecule has 0 spiro atoms. The largest absolute Gasteiger partial charge is 0.507 e. The van der Waals surface area contributed by atoms with Crippen LogP contribution in [-0.4, -0.2) is 48.3 Å². The van der Waals surface area contributed by atoms with Crippen LogP contribution in [-0.2, 0) is 19.4 Å². The Labute approximate surface area is 251 Å². The minimum atomic E-state index is -0.402. The van der Waals surface area contributed by atoms with Crippen LogP contribution in [0.2, 0.25) is 0 Å². The highest BCUT2D eigenvalue weighted by molar-refractivity contribution is 5.97. The Bertz CT molecular complexity index is 1610. The molecule has 2 aromatic carbocycles. The molecule has 0 aliphatic rings. The molecule has 11 heteroatoms. The number of phenols is 1. The Morgan fingerprint density at radius 3 is 2.07 bits per heavy atom. The Balaban J connectivity index is 2.21. The average molecular weight is 594 g/mol. The van der Waals surface area contributed by atoms with Crippen molar-refractivity contribution in [2.24, 2.45) is 27.2 Å². The first kappa shape index (κ1) is 33.0. The van der Waals surface area contributed by atoms with Crippen molar-refractivity contribution in [2.75, 3.05) is 26.3 Å². The normalized spacial score (nSPS) is 11.8. The van der Waals surface area contributed by atoms with Gasteiger partial charge in [0.1, 0.15) is 33.8 Å². The molecule has 3 aromatic rings. The topological polar surface area (TPSA) is 192 Å². The molecule has 0 bridgehead atoms. The molecule has 0 aliphatic heterocycles. The van der Waals surface area contributed by atoms with Crippen LogP contribution in [0.25, 0.3) is 21.9 Å². The van der Waals surface area contributed by atoms with E-state index in [-0.39, 0.29) is 46.9 Å². The lowest BCUT2D eigenvalue weighted by atomic mass is 9.95. The number of benzene rings is 2. The number of allylic oxidation sites excluding steroid dienone is 4. The van der Waals surface area contributed by atoms with E-state index >= 15 is 0 Å². The molecule has 3 rings (SSSR count). The number of aliphatic hydroxyl groups excluding tert-OH is 1. The molecular weight excluding hydrogens is 550 g/mol. The van der Waals surface area contributed by atoms with Gasteiger partial charge in [-0.3, -0.25) is 14.8 Å². The van der Waals surface area contributed by atoms with E-state index in [9.17, 15) is 15.0 Å². The zero-order valence-corrected chi connectivity index (χ0v) is 25.4. The van der Waals surface area contributed by atoms with E-state index in [1.54, 1.807) is 19.1 Å². The lowest BCUT2D eigenvalue weighted by Crippen LogP contribution is -2.23. The van der Waals surface area contributed by atoms with Gasteiger partial charge >= 0.3 is 0 Å². The van der Waals surface area contributed by atoms with Gasteiger partial charge in [-0.2, -0.15) is 0 Å². The van der Waals surface area contributed by atoms with Crippen LogP contribution < -0.4 is 32.1 Å². The summed E-state index contributed by atoms with van der Waals surface area (Å²) in [5.41, 5.74) is 19.0. The number of amidine groups is 1. The third-order valence-electron chi connectivity index (χ3n) is 6.68. The highest BCUT2D eigenvalue weighted by Crippen LogP contribution is 2.39. The Morgan fingerprint density at radius 2 is 1.51 bits per heavy atom. The fourth-order valence-electron chi connectivity index (χ4n) is 4.61. The van der Waals surface area contributed by atoms with E-state index in [4.69, 9.17) is 31.1 Å². The van der Waals surface area contributed by atoms with Gasteiger partial charge in [0.05, 0.1) is 31.0 Å². The number of guanidine groups is 1. The minimum Gasteiger partial charge on any atom is -0.507 e. The number of hydrogen-bond acceptors (Lipinski definition) is 8. The van der Waals surface area contributed by atoms with Crippen molar-refractivity contribution in [1.29, 1.82) is 0 Å². The van der Waals surface area contributed by atoms with Gasteiger partial charge in [0.15, 0.2) is 5.96 Å². The average Bonchev–Trinajstić information content (AvgIpc) is 2.94.